The second-order valence-electron chi connectivity index (χ2n) is 4.45. The molecule has 0 bridgehead atoms. The van der Waals surface area contributed by atoms with Crippen molar-refractivity contribution in [3.8, 4) is 0 Å². The fourth-order valence-corrected chi connectivity index (χ4v) is 4.22. The normalized spacial score (nSPS) is 11.0. The number of nitrogens with two attached hydrogens (primary N) is 1. The van der Waals surface area contributed by atoms with Gasteiger partial charge in [0.2, 0.25) is 0 Å². The predicted octanol–water partition coefficient (Wildman–Crippen LogP) is 4.34. The van der Waals surface area contributed by atoms with E-state index in [2.05, 4.69) is 56.4 Å². The molecule has 0 amide bonds. The number of fused-ring (bicyclic) bond motifs is 1. The van der Waals surface area contributed by atoms with Crippen molar-refractivity contribution >= 4 is 55.1 Å². The van der Waals surface area contributed by atoms with Gasteiger partial charge in [-0.25, -0.2) is 15.8 Å². The average Bonchev–Trinajstić information content (AvgIpc) is 2.84. The van der Waals surface area contributed by atoms with E-state index in [1.54, 1.807) is 23.1 Å². The van der Waals surface area contributed by atoms with E-state index in [0.29, 0.717) is 11.6 Å². The van der Waals surface area contributed by atoms with Gasteiger partial charge in [0.1, 0.15) is 10.7 Å². The molecule has 0 aliphatic heterocycles. The lowest BCUT2D eigenvalue weighted by Gasteiger charge is -2.05. The van der Waals surface area contributed by atoms with Crippen LogP contribution in [-0.2, 0) is 5.75 Å². The molecule has 108 valence electrons. The number of aryl methyl sites for hydroxylation is 1. The van der Waals surface area contributed by atoms with E-state index in [1.807, 2.05) is 12.1 Å². The van der Waals surface area contributed by atoms with Gasteiger partial charge >= 0.3 is 0 Å². The number of nitrogens with zero attached hydrogens (tertiary/aromatic N) is 2. The molecule has 3 N–H and O–H groups in total. The molecule has 3 rings (SSSR count). The maximum atomic E-state index is 5.57. The standard InChI is InChI=1S/C14H13BrN4S2/c1-8-5-11-13(19-16)17-12(18-14(11)21-8)7-20-10-4-2-3-9(15)6-10/h2-6H,7,16H2,1H3,(H,17,18,19). The first kappa shape index (κ1) is 14.8. The van der Waals surface area contributed by atoms with Gasteiger partial charge in [0.25, 0.3) is 0 Å². The first-order chi connectivity index (χ1) is 10.2. The number of anilines is 1. The maximum absolute atomic E-state index is 5.57. The van der Waals surface area contributed by atoms with Crippen LogP contribution in [0.1, 0.15) is 10.7 Å². The Hall–Kier alpha value is -1.15. The van der Waals surface area contributed by atoms with Gasteiger partial charge in [0.15, 0.2) is 5.82 Å². The summed E-state index contributed by atoms with van der Waals surface area (Å²) in [6.45, 7) is 2.06. The molecule has 0 fully saturated rings. The molecule has 7 heteroatoms. The largest absolute Gasteiger partial charge is 0.308 e. The zero-order valence-electron chi connectivity index (χ0n) is 11.3. The van der Waals surface area contributed by atoms with Crippen molar-refractivity contribution in [1.82, 2.24) is 9.97 Å². The zero-order chi connectivity index (χ0) is 14.8. The molecule has 2 heterocycles. The summed E-state index contributed by atoms with van der Waals surface area (Å²) in [5.74, 6) is 7.75. The van der Waals surface area contributed by atoms with E-state index < -0.39 is 0 Å². The van der Waals surface area contributed by atoms with E-state index in [1.165, 1.54) is 9.77 Å². The van der Waals surface area contributed by atoms with Crippen molar-refractivity contribution in [3.63, 3.8) is 0 Å². The molecule has 0 spiro atoms. The number of nitrogens with one attached hydrogen (secondary N) is 1. The third-order valence-corrected chi connectivity index (χ3v) is 5.29. The summed E-state index contributed by atoms with van der Waals surface area (Å²) < 4.78 is 1.07. The minimum atomic E-state index is 0.689. The average molecular weight is 381 g/mol. The number of aromatic nitrogens is 2. The lowest BCUT2D eigenvalue weighted by molar-refractivity contribution is 1.06. The highest BCUT2D eigenvalue weighted by molar-refractivity contribution is 9.10. The van der Waals surface area contributed by atoms with Gasteiger partial charge in [-0.3, -0.25) is 0 Å². The molecule has 1 aromatic carbocycles. The molecule has 0 saturated carbocycles. The van der Waals surface area contributed by atoms with Crippen LogP contribution < -0.4 is 11.3 Å². The van der Waals surface area contributed by atoms with Crippen molar-refractivity contribution in [3.05, 3.63) is 45.5 Å². The summed E-state index contributed by atoms with van der Waals surface area (Å²) in [5.41, 5.74) is 2.67. The van der Waals surface area contributed by atoms with Crippen LogP contribution in [0, 0.1) is 6.92 Å². The molecule has 0 aliphatic carbocycles. The lowest BCUT2D eigenvalue weighted by atomic mass is 10.3. The van der Waals surface area contributed by atoms with Crippen molar-refractivity contribution < 1.29 is 0 Å². The minimum absolute atomic E-state index is 0.689. The van der Waals surface area contributed by atoms with E-state index in [-0.39, 0.29) is 0 Å². The Labute approximate surface area is 139 Å². The summed E-state index contributed by atoms with van der Waals surface area (Å²) in [7, 11) is 0. The van der Waals surface area contributed by atoms with Crippen LogP contribution in [0.2, 0.25) is 0 Å². The van der Waals surface area contributed by atoms with Gasteiger partial charge in [-0.15, -0.1) is 23.1 Å². The number of benzene rings is 1. The molecule has 3 aromatic rings. The topological polar surface area (TPSA) is 63.8 Å². The third-order valence-electron chi connectivity index (χ3n) is 2.86. The van der Waals surface area contributed by atoms with Crippen molar-refractivity contribution in [2.45, 2.75) is 17.6 Å². The molecule has 0 aliphatic rings. The number of hydrogen-bond acceptors (Lipinski definition) is 6. The van der Waals surface area contributed by atoms with E-state index in [4.69, 9.17) is 5.84 Å². The highest BCUT2D eigenvalue weighted by Gasteiger charge is 2.10. The fourth-order valence-electron chi connectivity index (χ4n) is 1.97. The number of thioether (sulfide) groups is 1. The first-order valence-corrected chi connectivity index (χ1v) is 8.87. The monoisotopic (exact) mass is 380 g/mol. The lowest BCUT2D eigenvalue weighted by Crippen LogP contribution is -2.10. The number of rotatable bonds is 4. The van der Waals surface area contributed by atoms with Gasteiger partial charge in [-0.1, -0.05) is 22.0 Å². The van der Waals surface area contributed by atoms with Crippen LogP contribution in [0.3, 0.4) is 0 Å². The smallest absolute Gasteiger partial charge is 0.152 e. The van der Waals surface area contributed by atoms with Crippen LogP contribution in [0.25, 0.3) is 10.2 Å². The second-order valence-corrected chi connectivity index (χ2v) is 7.65. The van der Waals surface area contributed by atoms with Crippen LogP contribution in [0.4, 0.5) is 5.82 Å². The van der Waals surface area contributed by atoms with Gasteiger partial charge in [0.05, 0.1) is 11.1 Å². The highest BCUT2D eigenvalue weighted by atomic mass is 79.9. The summed E-state index contributed by atoms with van der Waals surface area (Å²) in [5, 5.41) is 0.983. The molecule has 4 nitrogen and oxygen atoms in total. The Morgan fingerprint density at radius 2 is 2.19 bits per heavy atom. The molecule has 0 radical (unpaired) electrons. The number of halogens is 1. The van der Waals surface area contributed by atoms with Gasteiger partial charge < -0.3 is 5.43 Å². The summed E-state index contributed by atoms with van der Waals surface area (Å²) in [6.07, 6.45) is 0. The quantitative estimate of drug-likeness (QED) is 0.400. The van der Waals surface area contributed by atoms with Crippen LogP contribution >= 0.6 is 39.0 Å². The SMILES string of the molecule is Cc1cc2c(NN)nc(CSc3cccc(Br)c3)nc2s1. The minimum Gasteiger partial charge on any atom is -0.308 e. The highest BCUT2D eigenvalue weighted by Crippen LogP contribution is 2.30. The number of thiophene rings is 1. The van der Waals surface area contributed by atoms with Crippen LogP contribution in [0.5, 0.6) is 0 Å². The molecule has 2 aromatic heterocycles. The summed E-state index contributed by atoms with van der Waals surface area (Å²) in [6, 6.07) is 10.2. The third kappa shape index (κ3) is 3.37. The van der Waals surface area contributed by atoms with Crippen LogP contribution in [-0.4, -0.2) is 9.97 Å². The Bertz CT molecular complexity index is 788. The molecule has 0 atom stereocenters. The molecule has 21 heavy (non-hydrogen) atoms. The Morgan fingerprint density at radius 1 is 1.33 bits per heavy atom. The molecular weight excluding hydrogens is 368 g/mol. The number of hydrogen-bond donors (Lipinski definition) is 2. The first-order valence-electron chi connectivity index (χ1n) is 6.28. The van der Waals surface area contributed by atoms with Crippen molar-refractivity contribution in [2.24, 2.45) is 5.84 Å². The van der Waals surface area contributed by atoms with Crippen molar-refractivity contribution in [1.29, 1.82) is 0 Å². The van der Waals surface area contributed by atoms with E-state index in [0.717, 1.165) is 20.5 Å². The van der Waals surface area contributed by atoms with Gasteiger partial charge in [-0.2, -0.15) is 0 Å². The molecule has 0 unspecified atom stereocenters. The Balaban J connectivity index is 1.86. The van der Waals surface area contributed by atoms with E-state index in [9.17, 15) is 0 Å². The maximum Gasteiger partial charge on any atom is 0.152 e. The number of hydrazine groups is 1. The molecular formula is C14H13BrN4S2. The van der Waals surface area contributed by atoms with Crippen molar-refractivity contribution in [2.75, 3.05) is 5.43 Å². The predicted molar refractivity (Wildman–Crippen MR) is 93.7 cm³/mol. The summed E-state index contributed by atoms with van der Waals surface area (Å²) in [4.78, 5) is 12.5. The number of nitrogen functional groups attached to an aromatic ring is 1. The Morgan fingerprint density at radius 3 is 2.95 bits per heavy atom. The van der Waals surface area contributed by atoms with Gasteiger partial charge in [-0.05, 0) is 31.2 Å². The molecule has 0 saturated heterocycles. The van der Waals surface area contributed by atoms with Crippen LogP contribution in [0.15, 0.2) is 39.7 Å². The summed E-state index contributed by atoms with van der Waals surface area (Å²) >= 11 is 6.84. The Kier molecular flexibility index (Phi) is 4.44. The van der Waals surface area contributed by atoms with E-state index >= 15 is 0 Å². The fraction of sp³-hybridized carbons (Fsp3) is 0.143. The van der Waals surface area contributed by atoms with Gasteiger partial charge in [0, 0.05) is 14.2 Å². The second kappa shape index (κ2) is 6.31. The zero-order valence-corrected chi connectivity index (χ0v) is 14.5.